The topological polar surface area (TPSA) is 142 Å². The van der Waals surface area contributed by atoms with Gasteiger partial charge in [-0.25, -0.2) is 9.37 Å². The Morgan fingerprint density at radius 2 is 1.73 bits per heavy atom. The fraction of sp³-hybridized carbons (Fsp3) is 0.350. The first-order chi connectivity index (χ1) is 14.3. The van der Waals surface area contributed by atoms with Crippen molar-refractivity contribution >= 4 is 29.1 Å². The third-order valence-electron chi connectivity index (χ3n) is 5.06. The minimum Gasteiger partial charge on any atom is -0.497 e. The number of carbonyl (C=O) groups excluding carboxylic acids is 2. The summed E-state index contributed by atoms with van der Waals surface area (Å²) in [5, 5.41) is 5.91. The lowest BCUT2D eigenvalue weighted by Crippen LogP contribution is -2.34. The Balaban J connectivity index is 1.96. The molecule has 30 heavy (non-hydrogen) atoms. The molecule has 6 N–H and O–H groups in total. The molecule has 0 spiro atoms. The van der Waals surface area contributed by atoms with Crippen LogP contribution in [0.5, 0.6) is 11.5 Å². The second-order valence-electron chi connectivity index (χ2n) is 7.00. The van der Waals surface area contributed by atoms with Gasteiger partial charge in [0.15, 0.2) is 11.6 Å². The van der Waals surface area contributed by atoms with E-state index >= 15 is 0 Å². The number of anilines is 3. The van der Waals surface area contributed by atoms with Crippen LogP contribution < -0.4 is 31.6 Å². The molecule has 2 atom stereocenters. The number of ether oxygens (including phenoxy) is 2. The lowest BCUT2D eigenvalue weighted by Gasteiger charge is -2.20. The van der Waals surface area contributed by atoms with Gasteiger partial charge in [-0.2, -0.15) is 0 Å². The molecule has 3 rings (SSSR count). The molecule has 0 bridgehead atoms. The molecule has 1 saturated carbocycles. The van der Waals surface area contributed by atoms with Gasteiger partial charge < -0.3 is 31.6 Å². The van der Waals surface area contributed by atoms with Gasteiger partial charge in [-0.15, -0.1) is 0 Å². The zero-order chi connectivity index (χ0) is 21.8. The molecule has 1 fully saturated rings. The van der Waals surface area contributed by atoms with Crippen LogP contribution in [0.25, 0.3) is 0 Å². The molecule has 160 valence electrons. The number of nitrogens with two attached hydrogens (primary N) is 2. The van der Waals surface area contributed by atoms with Gasteiger partial charge in [0.2, 0.25) is 5.91 Å². The zero-order valence-electron chi connectivity index (χ0n) is 16.7. The SMILES string of the molecule is COc1cc(Nc2nc(N[C@H]3CCC[C@H]3C(N)=O)c(F)cc2C(N)=O)cc(OC)c1. The highest BCUT2D eigenvalue weighted by atomic mass is 19.1. The number of nitrogens with one attached hydrogen (secondary N) is 2. The van der Waals surface area contributed by atoms with E-state index in [4.69, 9.17) is 20.9 Å². The van der Waals surface area contributed by atoms with E-state index in [0.717, 1.165) is 12.5 Å². The number of rotatable bonds is 8. The van der Waals surface area contributed by atoms with Crippen molar-refractivity contribution < 1.29 is 23.5 Å². The second kappa shape index (κ2) is 8.85. The summed E-state index contributed by atoms with van der Waals surface area (Å²) in [4.78, 5) is 27.7. The summed E-state index contributed by atoms with van der Waals surface area (Å²) < 4.78 is 25.1. The second-order valence-corrected chi connectivity index (χ2v) is 7.00. The van der Waals surface area contributed by atoms with Crippen molar-refractivity contribution in [3.05, 3.63) is 35.6 Å². The van der Waals surface area contributed by atoms with Gasteiger partial charge in [-0.1, -0.05) is 6.42 Å². The van der Waals surface area contributed by atoms with E-state index in [-0.39, 0.29) is 23.2 Å². The van der Waals surface area contributed by atoms with Crippen LogP contribution in [0.2, 0.25) is 0 Å². The zero-order valence-corrected chi connectivity index (χ0v) is 16.7. The maximum atomic E-state index is 14.6. The predicted octanol–water partition coefficient (Wildman–Crippen LogP) is 2.15. The summed E-state index contributed by atoms with van der Waals surface area (Å²) in [6.45, 7) is 0. The number of hydrogen-bond acceptors (Lipinski definition) is 7. The molecule has 9 nitrogen and oxygen atoms in total. The Bertz CT molecular complexity index is 946. The van der Waals surface area contributed by atoms with E-state index in [1.807, 2.05) is 0 Å². The van der Waals surface area contributed by atoms with Crippen molar-refractivity contribution in [3.8, 4) is 11.5 Å². The van der Waals surface area contributed by atoms with Crippen LogP contribution in [0.15, 0.2) is 24.3 Å². The lowest BCUT2D eigenvalue weighted by atomic mass is 10.0. The molecule has 10 heteroatoms. The molecule has 1 aliphatic rings. The Hall–Kier alpha value is -3.56. The maximum Gasteiger partial charge on any atom is 0.252 e. The van der Waals surface area contributed by atoms with Gasteiger partial charge in [0.25, 0.3) is 5.91 Å². The van der Waals surface area contributed by atoms with Crippen LogP contribution in [-0.4, -0.2) is 37.1 Å². The Labute approximate surface area is 172 Å². The highest BCUT2D eigenvalue weighted by Crippen LogP contribution is 2.32. The summed E-state index contributed by atoms with van der Waals surface area (Å²) >= 11 is 0. The number of hydrogen-bond donors (Lipinski definition) is 4. The fourth-order valence-corrected chi connectivity index (χ4v) is 3.54. The smallest absolute Gasteiger partial charge is 0.252 e. The molecule has 0 unspecified atom stereocenters. The van der Waals surface area contributed by atoms with Crippen molar-refractivity contribution in [2.45, 2.75) is 25.3 Å². The first-order valence-electron chi connectivity index (χ1n) is 9.38. The minimum atomic E-state index is -0.846. The largest absolute Gasteiger partial charge is 0.497 e. The summed E-state index contributed by atoms with van der Waals surface area (Å²) in [7, 11) is 3.00. The highest BCUT2D eigenvalue weighted by Gasteiger charge is 2.32. The molecule has 2 aromatic rings. The van der Waals surface area contributed by atoms with Gasteiger partial charge in [0.1, 0.15) is 17.3 Å². The van der Waals surface area contributed by atoms with E-state index in [9.17, 15) is 14.0 Å². The van der Waals surface area contributed by atoms with Gasteiger partial charge in [0.05, 0.1) is 25.7 Å². The third kappa shape index (κ3) is 4.53. The van der Waals surface area contributed by atoms with Crippen molar-refractivity contribution in [1.82, 2.24) is 4.98 Å². The van der Waals surface area contributed by atoms with Crippen LogP contribution in [0, 0.1) is 11.7 Å². The molecule has 1 aromatic carbocycles. The summed E-state index contributed by atoms with van der Waals surface area (Å²) in [6.07, 6.45) is 2.08. The van der Waals surface area contributed by atoms with Gasteiger partial charge >= 0.3 is 0 Å². The summed E-state index contributed by atoms with van der Waals surface area (Å²) in [5.41, 5.74) is 11.2. The van der Waals surface area contributed by atoms with Crippen molar-refractivity contribution in [3.63, 3.8) is 0 Å². The number of primary amides is 2. The Kier molecular flexibility index (Phi) is 6.24. The number of benzene rings is 1. The Morgan fingerprint density at radius 1 is 1.07 bits per heavy atom. The molecule has 2 amide bonds. The minimum absolute atomic E-state index is 0.0512. The average molecular weight is 417 g/mol. The van der Waals surface area contributed by atoms with Gasteiger partial charge in [0, 0.05) is 29.9 Å². The number of pyridine rings is 1. The van der Waals surface area contributed by atoms with E-state index in [2.05, 4.69) is 15.6 Å². The number of aromatic nitrogens is 1. The van der Waals surface area contributed by atoms with Crippen LogP contribution in [0.1, 0.15) is 29.6 Å². The van der Waals surface area contributed by atoms with Crippen LogP contribution in [-0.2, 0) is 4.79 Å². The molecular formula is C20H24FN5O4. The first kappa shape index (κ1) is 21.2. The molecule has 0 aliphatic heterocycles. The van der Waals surface area contributed by atoms with Crippen LogP contribution in [0.4, 0.5) is 21.7 Å². The fourth-order valence-electron chi connectivity index (χ4n) is 3.54. The average Bonchev–Trinajstić information content (AvgIpc) is 3.18. The van der Waals surface area contributed by atoms with E-state index < -0.39 is 23.5 Å². The van der Waals surface area contributed by atoms with Crippen molar-refractivity contribution in [2.75, 3.05) is 24.9 Å². The van der Waals surface area contributed by atoms with Gasteiger partial charge in [-0.05, 0) is 18.9 Å². The number of halogens is 1. The maximum absolute atomic E-state index is 14.6. The third-order valence-corrected chi connectivity index (χ3v) is 5.06. The molecule has 1 aromatic heterocycles. The molecule has 1 aliphatic carbocycles. The standard InChI is InChI=1S/C20H24FN5O4/c1-29-11-6-10(7-12(8-11)30-2)24-19-14(18(23)28)9-15(21)20(26-19)25-16-5-3-4-13(16)17(22)27/h6-9,13,16H,3-5H2,1-2H3,(H2,22,27)(H2,23,28)(H2,24,25,26)/t13-,16+/m1/s1. The van der Waals surface area contributed by atoms with E-state index in [0.29, 0.717) is 30.0 Å². The molecule has 1 heterocycles. The molecule has 0 saturated heterocycles. The normalized spacial score (nSPS) is 18.0. The Morgan fingerprint density at radius 3 is 2.30 bits per heavy atom. The number of carbonyl (C=O) groups is 2. The number of amides is 2. The van der Waals surface area contributed by atoms with E-state index in [1.54, 1.807) is 18.2 Å². The number of methoxy groups -OCH3 is 2. The summed E-state index contributed by atoms with van der Waals surface area (Å²) in [5.74, 6) is -1.50. The van der Waals surface area contributed by atoms with Crippen LogP contribution >= 0.6 is 0 Å². The molecule has 0 radical (unpaired) electrons. The van der Waals surface area contributed by atoms with Gasteiger partial charge in [-0.3, -0.25) is 9.59 Å². The quantitative estimate of drug-likeness (QED) is 0.515. The van der Waals surface area contributed by atoms with E-state index in [1.165, 1.54) is 14.2 Å². The highest BCUT2D eigenvalue weighted by molar-refractivity contribution is 5.98. The van der Waals surface area contributed by atoms with Crippen molar-refractivity contribution in [2.24, 2.45) is 17.4 Å². The summed E-state index contributed by atoms with van der Waals surface area (Å²) in [6, 6.07) is 5.66. The van der Waals surface area contributed by atoms with Crippen molar-refractivity contribution in [1.29, 1.82) is 0 Å². The van der Waals surface area contributed by atoms with Crippen LogP contribution in [0.3, 0.4) is 0 Å². The molecular weight excluding hydrogens is 393 g/mol. The lowest BCUT2D eigenvalue weighted by molar-refractivity contribution is -0.121. The monoisotopic (exact) mass is 417 g/mol. The first-order valence-corrected chi connectivity index (χ1v) is 9.38. The predicted molar refractivity (Wildman–Crippen MR) is 109 cm³/mol. The number of nitrogens with zero attached hydrogens (tertiary/aromatic N) is 1.